The van der Waals surface area contributed by atoms with Gasteiger partial charge >= 0.3 is 12.5 Å². The minimum absolute atomic E-state index is 0.0200. The number of nitrogens with zero attached hydrogens (tertiary/aromatic N) is 3. The molecule has 0 aliphatic rings. The van der Waals surface area contributed by atoms with Gasteiger partial charge in [-0.15, -0.1) is 0 Å². The molecule has 10 heteroatoms. The SMILES string of the molecule is COC(=O)/C(=C(\O)CSc1nc2ccccc2n1C(F)F)c1nc2ccccc2[nH]1. The van der Waals surface area contributed by atoms with Crippen LogP contribution in [0.1, 0.15) is 12.4 Å². The molecule has 4 aromatic rings. The first-order chi connectivity index (χ1) is 14.5. The van der Waals surface area contributed by atoms with Crippen LogP contribution in [0.2, 0.25) is 0 Å². The van der Waals surface area contributed by atoms with Gasteiger partial charge in [-0.1, -0.05) is 36.0 Å². The van der Waals surface area contributed by atoms with Crippen molar-refractivity contribution in [2.24, 2.45) is 0 Å². The van der Waals surface area contributed by atoms with Gasteiger partial charge in [0.25, 0.3) is 0 Å². The van der Waals surface area contributed by atoms with E-state index in [0.29, 0.717) is 16.6 Å². The maximum atomic E-state index is 13.6. The molecule has 2 heterocycles. The lowest BCUT2D eigenvalue weighted by molar-refractivity contribution is -0.133. The van der Waals surface area contributed by atoms with E-state index < -0.39 is 12.5 Å². The molecule has 0 radical (unpaired) electrons. The lowest BCUT2D eigenvalue weighted by Gasteiger charge is -2.09. The number of hydrogen-bond donors (Lipinski definition) is 2. The number of aliphatic hydroxyl groups is 1. The van der Waals surface area contributed by atoms with Gasteiger partial charge in [0, 0.05) is 0 Å². The van der Waals surface area contributed by atoms with Crippen molar-refractivity contribution in [3.63, 3.8) is 0 Å². The number of aromatic amines is 1. The number of carbonyl (C=O) groups is 1. The first kappa shape index (κ1) is 19.9. The number of halogens is 2. The third-order valence-electron chi connectivity index (χ3n) is 4.40. The summed E-state index contributed by atoms with van der Waals surface area (Å²) in [6.07, 6.45) is 0. The number of carbonyl (C=O) groups excluding carboxylic acids is 1. The summed E-state index contributed by atoms with van der Waals surface area (Å²) in [7, 11) is 1.18. The van der Waals surface area contributed by atoms with Crippen LogP contribution in [-0.4, -0.2) is 43.5 Å². The third kappa shape index (κ3) is 3.61. The van der Waals surface area contributed by atoms with Gasteiger partial charge in [-0.25, -0.2) is 14.8 Å². The van der Waals surface area contributed by atoms with Crippen molar-refractivity contribution >= 4 is 45.4 Å². The highest BCUT2D eigenvalue weighted by atomic mass is 32.2. The molecule has 154 valence electrons. The first-order valence-electron chi connectivity index (χ1n) is 8.83. The maximum absolute atomic E-state index is 13.6. The van der Waals surface area contributed by atoms with Crippen molar-refractivity contribution in [1.29, 1.82) is 0 Å². The number of esters is 1. The van der Waals surface area contributed by atoms with Gasteiger partial charge in [0.15, 0.2) is 5.16 Å². The van der Waals surface area contributed by atoms with Crippen LogP contribution in [0.5, 0.6) is 0 Å². The molecule has 0 amide bonds. The molecule has 0 aliphatic carbocycles. The van der Waals surface area contributed by atoms with Crippen LogP contribution in [0, 0.1) is 0 Å². The van der Waals surface area contributed by atoms with Crippen LogP contribution in [0.4, 0.5) is 8.78 Å². The van der Waals surface area contributed by atoms with Crippen LogP contribution >= 0.6 is 11.8 Å². The van der Waals surface area contributed by atoms with Crippen molar-refractivity contribution in [2.75, 3.05) is 12.9 Å². The number of aromatic nitrogens is 4. The zero-order valence-electron chi connectivity index (χ0n) is 15.7. The molecule has 0 saturated carbocycles. The van der Waals surface area contributed by atoms with Crippen molar-refractivity contribution < 1.29 is 23.4 Å². The van der Waals surface area contributed by atoms with Crippen molar-refractivity contribution in [3.05, 3.63) is 60.1 Å². The van der Waals surface area contributed by atoms with Crippen molar-refractivity contribution in [1.82, 2.24) is 19.5 Å². The van der Waals surface area contributed by atoms with E-state index in [1.165, 1.54) is 7.11 Å². The number of alkyl halides is 2. The average molecular weight is 430 g/mol. The Morgan fingerprint density at radius 1 is 1.17 bits per heavy atom. The minimum atomic E-state index is -2.80. The number of aliphatic hydroxyl groups excluding tert-OH is 1. The standard InChI is InChI=1S/C20H16F2N4O3S/c1-29-18(28)16(17-23-11-6-2-3-7-12(11)24-17)15(27)10-30-20-25-13-8-4-5-9-14(13)26(20)19(21)22/h2-9,19,27H,10H2,1H3,(H,23,24)/b16-15-. The predicted octanol–water partition coefficient (Wildman–Crippen LogP) is 4.54. The van der Waals surface area contributed by atoms with E-state index in [9.17, 15) is 18.7 Å². The molecule has 2 N–H and O–H groups in total. The number of imidazole rings is 2. The lowest BCUT2D eigenvalue weighted by Crippen LogP contribution is -2.10. The molecule has 2 aromatic heterocycles. The Hall–Kier alpha value is -3.40. The van der Waals surface area contributed by atoms with E-state index in [2.05, 4.69) is 15.0 Å². The number of fused-ring (bicyclic) bond motifs is 2. The molecule has 0 bridgehead atoms. The first-order valence-corrected chi connectivity index (χ1v) is 9.81. The van der Waals surface area contributed by atoms with E-state index in [4.69, 9.17) is 4.74 Å². The second-order valence-electron chi connectivity index (χ2n) is 6.24. The van der Waals surface area contributed by atoms with Crippen LogP contribution in [0.25, 0.3) is 27.6 Å². The number of thioether (sulfide) groups is 1. The normalized spacial score (nSPS) is 12.5. The molecule has 0 fully saturated rings. The number of rotatable bonds is 6. The summed E-state index contributed by atoms with van der Waals surface area (Å²) >= 11 is 0.882. The second kappa shape index (κ2) is 8.15. The Labute approximate surface area is 173 Å². The Kier molecular flexibility index (Phi) is 5.40. The molecule has 0 unspecified atom stereocenters. The van der Waals surface area contributed by atoms with Gasteiger partial charge < -0.3 is 14.8 Å². The maximum Gasteiger partial charge on any atom is 0.345 e. The zero-order chi connectivity index (χ0) is 21.3. The van der Waals surface area contributed by atoms with Crippen LogP contribution < -0.4 is 0 Å². The fourth-order valence-corrected chi connectivity index (χ4v) is 3.93. The second-order valence-corrected chi connectivity index (χ2v) is 7.18. The highest BCUT2D eigenvalue weighted by Crippen LogP contribution is 2.31. The van der Waals surface area contributed by atoms with Gasteiger partial charge in [0.2, 0.25) is 0 Å². The topological polar surface area (TPSA) is 93.0 Å². The summed E-state index contributed by atoms with van der Waals surface area (Å²) in [5, 5.41) is 10.6. The van der Waals surface area contributed by atoms with Gasteiger partial charge in [0.1, 0.15) is 17.2 Å². The van der Waals surface area contributed by atoms with E-state index in [0.717, 1.165) is 16.3 Å². The highest BCUT2D eigenvalue weighted by Gasteiger charge is 2.24. The molecular formula is C20H16F2N4O3S. The largest absolute Gasteiger partial charge is 0.510 e. The average Bonchev–Trinajstić information content (AvgIpc) is 3.33. The third-order valence-corrected chi connectivity index (χ3v) is 5.36. The summed E-state index contributed by atoms with van der Waals surface area (Å²) in [4.78, 5) is 23.8. The fourth-order valence-electron chi connectivity index (χ4n) is 3.04. The number of H-pyrrole nitrogens is 1. The summed E-state index contributed by atoms with van der Waals surface area (Å²) < 4.78 is 32.7. The zero-order valence-corrected chi connectivity index (χ0v) is 16.5. The molecule has 7 nitrogen and oxygen atoms in total. The summed E-state index contributed by atoms with van der Waals surface area (Å²) in [5.41, 5.74) is 1.81. The number of benzene rings is 2. The van der Waals surface area contributed by atoms with Gasteiger partial charge in [0.05, 0.1) is 34.9 Å². The lowest BCUT2D eigenvalue weighted by atomic mass is 10.2. The van der Waals surface area contributed by atoms with E-state index in [1.807, 2.05) is 0 Å². The Balaban J connectivity index is 1.70. The number of methoxy groups -OCH3 is 1. The summed E-state index contributed by atoms with van der Waals surface area (Å²) in [6.45, 7) is -2.80. The molecule has 0 spiro atoms. The molecule has 0 saturated heterocycles. The van der Waals surface area contributed by atoms with Gasteiger partial charge in [-0.05, 0) is 24.3 Å². The molecule has 4 rings (SSSR count). The Bertz CT molecular complexity index is 1230. The molecule has 0 aliphatic heterocycles. The van der Waals surface area contributed by atoms with Crippen LogP contribution in [0.15, 0.2) is 59.4 Å². The Morgan fingerprint density at radius 3 is 2.57 bits per heavy atom. The molecular weight excluding hydrogens is 414 g/mol. The van der Waals surface area contributed by atoms with Crippen LogP contribution in [0.3, 0.4) is 0 Å². The van der Waals surface area contributed by atoms with Crippen molar-refractivity contribution in [3.8, 4) is 0 Å². The smallest absolute Gasteiger partial charge is 0.345 e. The fraction of sp³-hybridized carbons (Fsp3) is 0.150. The minimum Gasteiger partial charge on any atom is -0.510 e. The molecule has 30 heavy (non-hydrogen) atoms. The highest BCUT2D eigenvalue weighted by molar-refractivity contribution is 7.99. The number of hydrogen-bond acceptors (Lipinski definition) is 6. The van der Waals surface area contributed by atoms with E-state index in [1.54, 1.807) is 48.5 Å². The van der Waals surface area contributed by atoms with E-state index in [-0.39, 0.29) is 33.6 Å². The van der Waals surface area contributed by atoms with Gasteiger partial charge in [-0.3, -0.25) is 4.57 Å². The quantitative estimate of drug-likeness (QED) is 0.202. The monoisotopic (exact) mass is 430 g/mol. The molecule has 0 atom stereocenters. The van der Waals surface area contributed by atoms with Crippen molar-refractivity contribution in [2.45, 2.75) is 11.7 Å². The van der Waals surface area contributed by atoms with Gasteiger partial charge in [-0.2, -0.15) is 8.78 Å². The van der Waals surface area contributed by atoms with Crippen LogP contribution in [-0.2, 0) is 9.53 Å². The van der Waals surface area contributed by atoms with E-state index >= 15 is 0 Å². The number of nitrogens with one attached hydrogen (secondary N) is 1. The molecule has 2 aromatic carbocycles. The number of ether oxygens (including phenoxy) is 1. The number of para-hydroxylation sites is 4. The summed E-state index contributed by atoms with van der Waals surface area (Å²) in [5.74, 6) is -1.21. The predicted molar refractivity (Wildman–Crippen MR) is 109 cm³/mol. The Morgan fingerprint density at radius 2 is 1.87 bits per heavy atom. The summed E-state index contributed by atoms with van der Waals surface area (Å²) in [6, 6.07) is 13.6.